The van der Waals surface area contributed by atoms with E-state index in [0.717, 1.165) is 5.56 Å². The molecule has 2 rings (SSSR count). The Morgan fingerprint density at radius 1 is 1.20 bits per heavy atom. The summed E-state index contributed by atoms with van der Waals surface area (Å²) in [5, 5.41) is 0. The fourth-order valence-corrected chi connectivity index (χ4v) is 4.79. The zero-order valence-electron chi connectivity index (χ0n) is 18.9. The normalized spacial score (nSPS) is 16.5. The lowest BCUT2D eigenvalue weighted by atomic mass is 10.1. The van der Waals surface area contributed by atoms with Crippen molar-refractivity contribution in [3.63, 3.8) is 0 Å². The number of nitrogens with zero attached hydrogens (tertiary/aromatic N) is 3. The summed E-state index contributed by atoms with van der Waals surface area (Å²) in [5.74, 6) is -0.747. The van der Waals surface area contributed by atoms with Crippen LogP contribution in [-0.2, 0) is 26.0 Å². The first-order valence-corrected chi connectivity index (χ1v) is 11.8. The fourth-order valence-electron chi connectivity index (χ4n) is 3.53. The van der Waals surface area contributed by atoms with Gasteiger partial charge in [0.05, 0.1) is 11.9 Å². The number of anilines is 1. The SMILES string of the molecule is CC1Cc2cc(C(=O)N(CCN(C)C)CC(=O)OC(C)(C)C)ccc2N1S(C)(=O)=O. The predicted molar refractivity (Wildman–Crippen MR) is 117 cm³/mol. The minimum atomic E-state index is -3.39. The number of sulfonamides is 1. The van der Waals surface area contributed by atoms with E-state index in [4.69, 9.17) is 4.74 Å². The van der Waals surface area contributed by atoms with E-state index in [9.17, 15) is 18.0 Å². The Hall–Kier alpha value is -2.13. The van der Waals surface area contributed by atoms with Crippen LogP contribution >= 0.6 is 0 Å². The number of carbonyl (C=O) groups is 2. The summed E-state index contributed by atoms with van der Waals surface area (Å²) < 4.78 is 31.0. The summed E-state index contributed by atoms with van der Waals surface area (Å²) in [7, 11) is 0.396. The quantitative estimate of drug-likeness (QED) is 0.602. The van der Waals surface area contributed by atoms with Crippen LogP contribution in [0.15, 0.2) is 18.2 Å². The zero-order valence-corrected chi connectivity index (χ0v) is 19.7. The molecule has 0 N–H and O–H groups in total. The number of hydrogen-bond acceptors (Lipinski definition) is 6. The van der Waals surface area contributed by atoms with Gasteiger partial charge >= 0.3 is 5.97 Å². The molecule has 8 nitrogen and oxygen atoms in total. The number of rotatable bonds is 7. The van der Waals surface area contributed by atoms with Crippen molar-refractivity contribution >= 4 is 27.6 Å². The molecule has 1 heterocycles. The van der Waals surface area contributed by atoms with E-state index in [1.165, 1.54) is 15.5 Å². The van der Waals surface area contributed by atoms with Gasteiger partial charge in [-0.05, 0) is 72.0 Å². The molecule has 0 saturated heterocycles. The van der Waals surface area contributed by atoms with Crippen LogP contribution in [0, 0.1) is 0 Å². The maximum absolute atomic E-state index is 13.2. The highest BCUT2D eigenvalue weighted by molar-refractivity contribution is 7.92. The van der Waals surface area contributed by atoms with Gasteiger partial charge in [-0.3, -0.25) is 13.9 Å². The maximum Gasteiger partial charge on any atom is 0.326 e. The van der Waals surface area contributed by atoms with E-state index in [-0.39, 0.29) is 18.5 Å². The number of esters is 1. The molecule has 0 spiro atoms. The molecule has 0 fully saturated rings. The van der Waals surface area contributed by atoms with Crippen LogP contribution in [0.2, 0.25) is 0 Å². The van der Waals surface area contributed by atoms with Crippen LogP contribution in [-0.4, -0.2) is 81.7 Å². The largest absolute Gasteiger partial charge is 0.459 e. The molecule has 0 bridgehead atoms. The van der Waals surface area contributed by atoms with Gasteiger partial charge in [0, 0.05) is 24.7 Å². The molecule has 0 aromatic heterocycles. The number of hydrogen-bond donors (Lipinski definition) is 0. The van der Waals surface area contributed by atoms with Crippen LogP contribution in [0.25, 0.3) is 0 Å². The van der Waals surface area contributed by atoms with Gasteiger partial charge in [0.25, 0.3) is 5.91 Å². The Labute approximate surface area is 179 Å². The molecular formula is C21H33N3O5S. The fraction of sp³-hybridized carbons (Fsp3) is 0.619. The third kappa shape index (κ3) is 6.18. The van der Waals surface area contributed by atoms with E-state index >= 15 is 0 Å². The third-order valence-electron chi connectivity index (χ3n) is 4.68. The Bertz CT molecular complexity index is 906. The van der Waals surface area contributed by atoms with Gasteiger partial charge in [0.2, 0.25) is 10.0 Å². The average molecular weight is 440 g/mol. The van der Waals surface area contributed by atoms with Gasteiger partial charge in [0.1, 0.15) is 12.1 Å². The van der Waals surface area contributed by atoms with Gasteiger partial charge in [-0.2, -0.15) is 0 Å². The lowest BCUT2D eigenvalue weighted by Crippen LogP contribution is -2.42. The molecule has 0 radical (unpaired) electrons. The third-order valence-corrected chi connectivity index (χ3v) is 5.95. The number of fused-ring (bicyclic) bond motifs is 1. The monoisotopic (exact) mass is 439 g/mol. The molecular weight excluding hydrogens is 406 g/mol. The summed E-state index contributed by atoms with van der Waals surface area (Å²) in [6, 6.07) is 4.82. The first-order chi connectivity index (χ1) is 13.7. The molecule has 1 amide bonds. The molecule has 0 aliphatic carbocycles. The summed E-state index contributed by atoms with van der Waals surface area (Å²) in [6.07, 6.45) is 1.72. The summed E-state index contributed by atoms with van der Waals surface area (Å²) in [6.45, 7) is 8.01. The zero-order chi connectivity index (χ0) is 22.9. The van der Waals surface area contributed by atoms with Crippen molar-refractivity contribution in [2.24, 2.45) is 0 Å². The van der Waals surface area contributed by atoms with Crippen LogP contribution in [0.4, 0.5) is 5.69 Å². The summed E-state index contributed by atoms with van der Waals surface area (Å²) in [5.41, 5.74) is 1.21. The smallest absolute Gasteiger partial charge is 0.326 e. The Kier molecular flexibility index (Phi) is 7.19. The average Bonchev–Trinajstić information content (AvgIpc) is 2.90. The van der Waals surface area contributed by atoms with E-state index in [1.54, 1.807) is 39.0 Å². The maximum atomic E-state index is 13.2. The van der Waals surface area contributed by atoms with Crippen molar-refractivity contribution in [1.29, 1.82) is 0 Å². The van der Waals surface area contributed by atoms with E-state index in [0.29, 0.717) is 30.8 Å². The minimum Gasteiger partial charge on any atom is -0.459 e. The number of carbonyl (C=O) groups excluding carboxylic acids is 2. The summed E-state index contributed by atoms with van der Waals surface area (Å²) >= 11 is 0. The van der Waals surface area contributed by atoms with Gasteiger partial charge in [-0.1, -0.05) is 0 Å². The van der Waals surface area contributed by atoms with Crippen molar-refractivity contribution < 1.29 is 22.7 Å². The van der Waals surface area contributed by atoms with Gasteiger partial charge < -0.3 is 14.5 Å². The lowest BCUT2D eigenvalue weighted by molar-refractivity contribution is -0.155. The molecule has 1 aromatic rings. The van der Waals surface area contributed by atoms with Crippen molar-refractivity contribution in [2.45, 2.75) is 45.8 Å². The molecule has 0 saturated carbocycles. The van der Waals surface area contributed by atoms with E-state index in [2.05, 4.69) is 0 Å². The number of benzene rings is 1. The van der Waals surface area contributed by atoms with Crippen molar-refractivity contribution in [1.82, 2.24) is 9.80 Å². The first kappa shape index (κ1) is 24.1. The van der Waals surface area contributed by atoms with Crippen LogP contribution in [0.5, 0.6) is 0 Å². The topological polar surface area (TPSA) is 87.2 Å². The van der Waals surface area contributed by atoms with Crippen molar-refractivity contribution in [2.75, 3.05) is 44.3 Å². The lowest BCUT2D eigenvalue weighted by Gasteiger charge is -2.26. The Morgan fingerprint density at radius 2 is 1.83 bits per heavy atom. The number of ether oxygens (including phenoxy) is 1. The second-order valence-corrected chi connectivity index (χ2v) is 10.9. The molecule has 9 heteroatoms. The standard InChI is InChI=1S/C21H33N3O5S/c1-15-12-17-13-16(8-9-18(17)24(15)30(7,27)28)20(26)23(11-10-22(5)6)14-19(25)29-21(2,3)4/h8-9,13,15H,10-12,14H2,1-7H3. The Morgan fingerprint density at radius 3 is 2.37 bits per heavy atom. The number of amides is 1. The molecule has 30 heavy (non-hydrogen) atoms. The van der Waals surface area contributed by atoms with Gasteiger partial charge in [-0.15, -0.1) is 0 Å². The highest BCUT2D eigenvalue weighted by Gasteiger charge is 2.33. The van der Waals surface area contributed by atoms with Gasteiger partial charge in [0.15, 0.2) is 0 Å². The second kappa shape index (κ2) is 8.93. The highest BCUT2D eigenvalue weighted by atomic mass is 32.2. The van der Waals surface area contributed by atoms with E-state index < -0.39 is 21.6 Å². The molecule has 1 atom stereocenters. The van der Waals surface area contributed by atoms with Crippen molar-refractivity contribution in [3.05, 3.63) is 29.3 Å². The minimum absolute atomic E-state index is 0.146. The first-order valence-electron chi connectivity index (χ1n) is 9.97. The molecule has 168 valence electrons. The highest BCUT2D eigenvalue weighted by Crippen LogP contribution is 2.34. The second-order valence-electron chi connectivity index (χ2n) is 9.07. The van der Waals surface area contributed by atoms with Crippen LogP contribution in [0.3, 0.4) is 0 Å². The predicted octanol–water partition coefficient (Wildman–Crippen LogP) is 1.74. The molecule has 1 aromatic carbocycles. The molecule has 1 unspecified atom stereocenters. The van der Waals surface area contributed by atoms with Crippen molar-refractivity contribution in [3.8, 4) is 0 Å². The summed E-state index contributed by atoms with van der Waals surface area (Å²) in [4.78, 5) is 28.9. The van der Waals surface area contributed by atoms with Crippen LogP contribution in [0.1, 0.15) is 43.6 Å². The Balaban J connectivity index is 2.27. The number of likely N-dealkylation sites (N-methyl/N-ethyl adjacent to an activating group) is 1. The van der Waals surface area contributed by atoms with Gasteiger partial charge in [-0.25, -0.2) is 8.42 Å². The van der Waals surface area contributed by atoms with E-state index in [1.807, 2.05) is 25.9 Å². The van der Waals surface area contributed by atoms with Crippen LogP contribution < -0.4 is 4.31 Å². The molecule has 1 aliphatic heterocycles. The molecule has 1 aliphatic rings.